The zero-order chi connectivity index (χ0) is 23.0. The Kier molecular flexibility index (Phi) is 8.76. The molecule has 2 rings (SSSR count). The highest BCUT2D eigenvalue weighted by atomic mass is 16.4. The lowest BCUT2D eigenvalue weighted by Gasteiger charge is -2.21. The average Bonchev–Trinajstić information content (AvgIpc) is 3.25. The van der Waals surface area contributed by atoms with Crippen LogP contribution >= 0.6 is 0 Å². The number of carboxylic acid groups (broad SMARTS) is 1. The SMILES string of the molecule is CC(O)C(NC(=O)CNC(=O)C(Cc1ccc(O)cc1)NC(=O)C1CCCN1)C(=O)O. The van der Waals surface area contributed by atoms with E-state index in [0.717, 1.165) is 6.42 Å². The number of aliphatic hydroxyl groups is 1. The minimum atomic E-state index is -1.51. The molecule has 0 aliphatic carbocycles. The number of aliphatic carboxylic acids is 1. The fraction of sp³-hybridized carbons (Fsp3) is 0.500. The van der Waals surface area contributed by atoms with E-state index in [1.807, 2.05) is 0 Å². The van der Waals surface area contributed by atoms with Gasteiger partial charge in [-0.05, 0) is 44.0 Å². The molecule has 0 aromatic heterocycles. The molecule has 0 saturated carbocycles. The minimum absolute atomic E-state index is 0.0618. The van der Waals surface area contributed by atoms with E-state index in [0.29, 0.717) is 18.5 Å². The monoisotopic (exact) mass is 436 g/mol. The van der Waals surface area contributed by atoms with Crippen molar-refractivity contribution in [1.82, 2.24) is 21.3 Å². The molecule has 3 amide bonds. The van der Waals surface area contributed by atoms with Crippen LogP contribution in [0.2, 0.25) is 0 Å². The highest BCUT2D eigenvalue weighted by Crippen LogP contribution is 2.12. The zero-order valence-electron chi connectivity index (χ0n) is 17.1. The van der Waals surface area contributed by atoms with Crippen LogP contribution in [0.5, 0.6) is 5.75 Å². The molecule has 1 saturated heterocycles. The molecule has 1 aromatic rings. The van der Waals surface area contributed by atoms with Crippen LogP contribution in [-0.2, 0) is 25.6 Å². The van der Waals surface area contributed by atoms with Crippen LogP contribution in [0.15, 0.2) is 24.3 Å². The molecule has 0 bridgehead atoms. The number of carbonyl (C=O) groups excluding carboxylic acids is 3. The van der Waals surface area contributed by atoms with Crippen LogP contribution in [-0.4, -0.2) is 76.3 Å². The van der Waals surface area contributed by atoms with Gasteiger partial charge in [-0.2, -0.15) is 0 Å². The third-order valence-corrected chi connectivity index (χ3v) is 4.87. The van der Waals surface area contributed by atoms with Gasteiger partial charge >= 0.3 is 5.97 Å². The van der Waals surface area contributed by atoms with E-state index in [1.165, 1.54) is 19.1 Å². The summed E-state index contributed by atoms with van der Waals surface area (Å²) in [6, 6.07) is 3.25. The molecule has 11 nitrogen and oxygen atoms in total. The first-order chi connectivity index (χ1) is 14.7. The molecule has 4 unspecified atom stereocenters. The number of phenolic OH excluding ortho intramolecular Hbond substituents is 1. The summed E-state index contributed by atoms with van der Waals surface area (Å²) in [5.74, 6) is -3.10. The van der Waals surface area contributed by atoms with Crippen LogP contribution in [0.3, 0.4) is 0 Å². The van der Waals surface area contributed by atoms with E-state index in [4.69, 9.17) is 5.11 Å². The lowest BCUT2D eigenvalue weighted by atomic mass is 10.0. The maximum Gasteiger partial charge on any atom is 0.328 e. The fourth-order valence-electron chi connectivity index (χ4n) is 3.16. The molecule has 11 heteroatoms. The average molecular weight is 436 g/mol. The van der Waals surface area contributed by atoms with E-state index in [1.54, 1.807) is 12.1 Å². The lowest BCUT2D eigenvalue weighted by molar-refractivity contribution is -0.144. The van der Waals surface area contributed by atoms with Crippen LogP contribution in [0.4, 0.5) is 0 Å². The van der Waals surface area contributed by atoms with Crippen molar-refractivity contribution in [1.29, 1.82) is 0 Å². The van der Waals surface area contributed by atoms with Crippen molar-refractivity contribution >= 4 is 23.7 Å². The van der Waals surface area contributed by atoms with Crippen molar-refractivity contribution < 1.29 is 34.5 Å². The van der Waals surface area contributed by atoms with E-state index < -0.39 is 48.6 Å². The number of hydrogen-bond donors (Lipinski definition) is 7. The Morgan fingerprint density at radius 3 is 2.39 bits per heavy atom. The summed E-state index contributed by atoms with van der Waals surface area (Å²) in [5, 5.41) is 38.1. The van der Waals surface area contributed by atoms with Gasteiger partial charge in [-0.3, -0.25) is 14.4 Å². The van der Waals surface area contributed by atoms with Crippen molar-refractivity contribution in [3.63, 3.8) is 0 Å². The highest BCUT2D eigenvalue weighted by molar-refractivity contribution is 5.93. The first-order valence-corrected chi connectivity index (χ1v) is 9.97. The van der Waals surface area contributed by atoms with Gasteiger partial charge in [0.1, 0.15) is 11.8 Å². The number of nitrogens with one attached hydrogen (secondary N) is 4. The Hall–Kier alpha value is -3.18. The number of carboxylic acids is 1. The smallest absolute Gasteiger partial charge is 0.328 e. The highest BCUT2D eigenvalue weighted by Gasteiger charge is 2.29. The number of benzene rings is 1. The number of carbonyl (C=O) groups is 4. The van der Waals surface area contributed by atoms with E-state index in [2.05, 4.69) is 21.3 Å². The quantitative estimate of drug-likeness (QED) is 0.225. The predicted octanol–water partition coefficient (Wildman–Crippen LogP) is -1.76. The van der Waals surface area contributed by atoms with Gasteiger partial charge in [0.05, 0.1) is 18.7 Å². The van der Waals surface area contributed by atoms with E-state index >= 15 is 0 Å². The maximum absolute atomic E-state index is 12.7. The van der Waals surface area contributed by atoms with E-state index in [-0.39, 0.29) is 18.1 Å². The third kappa shape index (κ3) is 7.54. The first-order valence-electron chi connectivity index (χ1n) is 9.97. The topological polar surface area (TPSA) is 177 Å². The van der Waals surface area contributed by atoms with Gasteiger partial charge in [0, 0.05) is 6.42 Å². The maximum atomic E-state index is 12.7. The Morgan fingerprint density at radius 2 is 1.84 bits per heavy atom. The molecule has 1 aromatic carbocycles. The van der Waals surface area contributed by atoms with Crippen molar-refractivity contribution in [2.75, 3.05) is 13.1 Å². The Labute approximate surface area is 179 Å². The molecule has 1 aliphatic heterocycles. The number of aromatic hydroxyl groups is 1. The second-order valence-corrected chi connectivity index (χ2v) is 7.42. The van der Waals surface area contributed by atoms with Gasteiger partial charge in [-0.25, -0.2) is 4.79 Å². The summed E-state index contributed by atoms with van der Waals surface area (Å²) in [6.07, 6.45) is 0.300. The molecule has 1 aliphatic rings. The predicted molar refractivity (Wildman–Crippen MR) is 109 cm³/mol. The third-order valence-electron chi connectivity index (χ3n) is 4.87. The molecular weight excluding hydrogens is 408 g/mol. The second kappa shape index (κ2) is 11.3. The van der Waals surface area contributed by atoms with Gasteiger partial charge in [-0.1, -0.05) is 12.1 Å². The van der Waals surface area contributed by atoms with Crippen molar-refractivity contribution in [2.24, 2.45) is 0 Å². The summed E-state index contributed by atoms with van der Waals surface area (Å²) < 4.78 is 0. The number of aliphatic hydroxyl groups excluding tert-OH is 1. The summed E-state index contributed by atoms with van der Waals surface area (Å²) in [5.41, 5.74) is 0.683. The molecule has 1 heterocycles. The van der Waals surface area contributed by atoms with Gasteiger partial charge in [0.2, 0.25) is 17.7 Å². The summed E-state index contributed by atoms with van der Waals surface area (Å²) >= 11 is 0. The Morgan fingerprint density at radius 1 is 1.16 bits per heavy atom. The normalized spacial score (nSPS) is 18.5. The molecule has 31 heavy (non-hydrogen) atoms. The fourth-order valence-corrected chi connectivity index (χ4v) is 3.16. The van der Waals surface area contributed by atoms with Gasteiger partial charge < -0.3 is 36.6 Å². The molecule has 170 valence electrons. The molecule has 1 fully saturated rings. The van der Waals surface area contributed by atoms with Crippen molar-refractivity contribution in [2.45, 2.75) is 50.4 Å². The molecular formula is C20H28N4O7. The van der Waals surface area contributed by atoms with Gasteiger partial charge in [-0.15, -0.1) is 0 Å². The number of rotatable bonds is 10. The van der Waals surface area contributed by atoms with Crippen LogP contribution in [0.1, 0.15) is 25.3 Å². The van der Waals surface area contributed by atoms with Crippen molar-refractivity contribution in [3.05, 3.63) is 29.8 Å². The zero-order valence-corrected chi connectivity index (χ0v) is 17.1. The van der Waals surface area contributed by atoms with Gasteiger partial charge in [0.25, 0.3) is 0 Å². The minimum Gasteiger partial charge on any atom is -0.508 e. The molecule has 0 spiro atoms. The standard InChI is InChI=1S/C20H28N4O7/c1-11(25)17(20(30)31)24-16(27)10-22-18(28)15(9-12-4-6-13(26)7-5-12)23-19(29)14-3-2-8-21-14/h4-7,11,14-15,17,21,25-26H,2-3,8-10H2,1H3,(H,22,28)(H,23,29)(H,24,27)(H,30,31). The van der Waals surface area contributed by atoms with Crippen LogP contribution in [0, 0.1) is 0 Å². The number of hydrogen-bond acceptors (Lipinski definition) is 7. The first kappa shape index (κ1) is 24.1. The van der Waals surface area contributed by atoms with E-state index in [9.17, 15) is 29.4 Å². The lowest BCUT2D eigenvalue weighted by Crippen LogP contribution is -2.55. The Bertz CT molecular complexity index is 791. The number of amides is 3. The van der Waals surface area contributed by atoms with Crippen molar-refractivity contribution in [3.8, 4) is 5.75 Å². The summed E-state index contributed by atoms with van der Waals surface area (Å²) in [4.78, 5) is 48.2. The summed E-state index contributed by atoms with van der Waals surface area (Å²) in [7, 11) is 0. The van der Waals surface area contributed by atoms with Crippen LogP contribution in [0.25, 0.3) is 0 Å². The number of phenols is 1. The largest absolute Gasteiger partial charge is 0.508 e. The summed E-state index contributed by atoms with van der Waals surface area (Å²) in [6.45, 7) is 1.40. The molecule has 7 N–H and O–H groups in total. The Balaban J connectivity index is 2.00. The van der Waals surface area contributed by atoms with Gasteiger partial charge in [0.15, 0.2) is 6.04 Å². The van der Waals surface area contributed by atoms with Crippen LogP contribution < -0.4 is 21.3 Å². The molecule has 4 atom stereocenters. The molecule has 0 radical (unpaired) electrons. The second-order valence-electron chi connectivity index (χ2n) is 7.42.